The molecule has 3 heteroatoms. The summed E-state index contributed by atoms with van der Waals surface area (Å²) < 4.78 is 5.17. The van der Waals surface area contributed by atoms with Crippen LogP contribution in [-0.4, -0.2) is 18.7 Å². The number of methoxy groups -OCH3 is 1. The molecule has 0 aliphatic heterocycles. The average molecular weight is 304 g/mol. The number of ketones is 2. The molecule has 0 amide bonds. The van der Waals surface area contributed by atoms with Gasteiger partial charge in [-0.05, 0) is 56.7 Å². The second-order valence-corrected chi connectivity index (χ2v) is 6.30. The van der Waals surface area contributed by atoms with Crippen molar-refractivity contribution in [3.05, 3.63) is 29.8 Å². The van der Waals surface area contributed by atoms with Gasteiger partial charge in [0.15, 0.2) is 0 Å². The Morgan fingerprint density at radius 2 is 1.59 bits per heavy atom. The lowest BCUT2D eigenvalue weighted by atomic mass is 9.81. The highest BCUT2D eigenvalue weighted by molar-refractivity contribution is 5.78. The minimum Gasteiger partial charge on any atom is -0.497 e. The highest BCUT2D eigenvalue weighted by Crippen LogP contribution is 2.26. The first kappa shape index (κ1) is 18.4. The lowest BCUT2D eigenvalue weighted by Crippen LogP contribution is -2.22. The van der Waals surface area contributed by atoms with Crippen LogP contribution in [0.4, 0.5) is 0 Å². The van der Waals surface area contributed by atoms with Gasteiger partial charge in [0.05, 0.1) is 7.11 Å². The molecule has 122 valence electrons. The van der Waals surface area contributed by atoms with Gasteiger partial charge >= 0.3 is 0 Å². The molecule has 0 fully saturated rings. The van der Waals surface area contributed by atoms with E-state index in [0.717, 1.165) is 25.0 Å². The lowest BCUT2D eigenvalue weighted by Gasteiger charge is -2.23. The minimum absolute atomic E-state index is 0.0151. The van der Waals surface area contributed by atoms with E-state index >= 15 is 0 Å². The van der Waals surface area contributed by atoms with Crippen molar-refractivity contribution in [1.82, 2.24) is 0 Å². The van der Waals surface area contributed by atoms with Crippen LogP contribution in [0.3, 0.4) is 0 Å². The summed E-state index contributed by atoms with van der Waals surface area (Å²) in [7, 11) is 1.65. The van der Waals surface area contributed by atoms with Crippen LogP contribution in [0.5, 0.6) is 5.75 Å². The number of Topliss-reactive ketones (excluding diaryl/α,β-unsaturated/α-hetero) is 2. The van der Waals surface area contributed by atoms with Gasteiger partial charge in [0.25, 0.3) is 0 Å². The monoisotopic (exact) mass is 304 g/mol. The van der Waals surface area contributed by atoms with Gasteiger partial charge in [-0.25, -0.2) is 0 Å². The summed E-state index contributed by atoms with van der Waals surface area (Å²) in [6.07, 6.45) is 2.59. The lowest BCUT2D eigenvalue weighted by molar-refractivity contribution is -0.121. The SMILES string of the molecule is COc1ccc(C[C@@H](CC[C@@H](C)C(C)=O)[C@@H](C)C(C)=O)cc1. The highest BCUT2D eigenvalue weighted by Gasteiger charge is 2.23. The van der Waals surface area contributed by atoms with Gasteiger partial charge in [-0.1, -0.05) is 26.0 Å². The van der Waals surface area contributed by atoms with Crippen LogP contribution in [0.25, 0.3) is 0 Å². The van der Waals surface area contributed by atoms with Gasteiger partial charge in [-0.3, -0.25) is 9.59 Å². The number of hydrogen-bond acceptors (Lipinski definition) is 3. The van der Waals surface area contributed by atoms with E-state index in [1.807, 2.05) is 38.1 Å². The van der Waals surface area contributed by atoms with Crippen molar-refractivity contribution in [3.63, 3.8) is 0 Å². The normalized spacial score (nSPS) is 15.0. The van der Waals surface area contributed by atoms with Crippen molar-refractivity contribution in [2.24, 2.45) is 17.8 Å². The Kier molecular flexibility index (Phi) is 7.30. The molecule has 0 aromatic heterocycles. The fourth-order valence-electron chi connectivity index (χ4n) is 2.59. The van der Waals surface area contributed by atoms with Crippen molar-refractivity contribution in [3.8, 4) is 5.75 Å². The van der Waals surface area contributed by atoms with Crippen LogP contribution in [-0.2, 0) is 16.0 Å². The van der Waals surface area contributed by atoms with Crippen LogP contribution in [0.1, 0.15) is 46.1 Å². The number of benzene rings is 1. The zero-order valence-electron chi connectivity index (χ0n) is 14.4. The molecule has 0 saturated heterocycles. The van der Waals surface area contributed by atoms with Gasteiger partial charge in [-0.2, -0.15) is 0 Å². The highest BCUT2D eigenvalue weighted by atomic mass is 16.5. The predicted octanol–water partition coefficient (Wildman–Crippen LogP) is 4.08. The summed E-state index contributed by atoms with van der Waals surface area (Å²) in [5.41, 5.74) is 1.20. The third-order valence-corrected chi connectivity index (χ3v) is 4.67. The van der Waals surface area contributed by atoms with Crippen molar-refractivity contribution in [2.75, 3.05) is 7.11 Å². The Morgan fingerprint density at radius 1 is 1.00 bits per heavy atom. The topological polar surface area (TPSA) is 43.4 Å². The number of ether oxygens (including phenoxy) is 1. The fourth-order valence-corrected chi connectivity index (χ4v) is 2.59. The summed E-state index contributed by atoms with van der Waals surface area (Å²) in [4.78, 5) is 23.2. The minimum atomic E-state index is 0.0151. The van der Waals surface area contributed by atoms with E-state index in [0.29, 0.717) is 0 Å². The molecule has 0 unspecified atom stereocenters. The molecule has 0 aliphatic carbocycles. The Labute approximate surface area is 134 Å². The molecule has 0 N–H and O–H groups in total. The van der Waals surface area contributed by atoms with Crippen LogP contribution < -0.4 is 4.74 Å². The van der Waals surface area contributed by atoms with E-state index in [1.54, 1.807) is 21.0 Å². The van der Waals surface area contributed by atoms with Crippen LogP contribution in [0, 0.1) is 17.8 Å². The van der Waals surface area contributed by atoms with E-state index < -0.39 is 0 Å². The smallest absolute Gasteiger partial charge is 0.132 e. The molecule has 3 nitrogen and oxygen atoms in total. The second-order valence-electron chi connectivity index (χ2n) is 6.30. The van der Waals surface area contributed by atoms with E-state index in [1.165, 1.54) is 5.56 Å². The summed E-state index contributed by atoms with van der Waals surface area (Å²) in [5, 5.41) is 0. The number of carbonyl (C=O) groups is 2. The first-order valence-electron chi connectivity index (χ1n) is 7.99. The first-order valence-corrected chi connectivity index (χ1v) is 7.99. The number of rotatable bonds is 9. The molecule has 1 aromatic rings. The summed E-state index contributed by atoms with van der Waals surface area (Å²) >= 11 is 0. The molecular weight excluding hydrogens is 276 g/mol. The largest absolute Gasteiger partial charge is 0.497 e. The van der Waals surface area contributed by atoms with E-state index in [-0.39, 0.29) is 29.3 Å². The van der Waals surface area contributed by atoms with Crippen LogP contribution in [0.15, 0.2) is 24.3 Å². The van der Waals surface area contributed by atoms with Crippen molar-refractivity contribution < 1.29 is 14.3 Å². The van der Waals surface area contributed by atoms with Gasteiger partial charge in [0.1, 0.15) is 17.3 Å². The molecule has 0 heterocycles. The molecule has 0 bridgehead atoms. The van der Waals surface area contributed by atoms with Gasteiger partial charge in [0, 0.05) is 11.8 Å². The van der Waals surface area contributed by atoms with Crippen LogP contribution >= 0.6 is 0 Å². The maximum Gasteiger partial charge on any atom is 0.132 e. The zero-order chi connectivity index (χ0) is 16.7. The standard InChI is InChI=1S/C19H28O3/c1-13(15(3)20)6-9-18(14(2)16(4)21)12-17-7-10-19(22-5)11-8-17/h7-8,10-11,13-14,18H,6,9,12H2,1-5H3/t13-,14+,18-/m1/s1. The Morgan fingerprint density at radius 3 is 2.05 bits per heavy atom. The molecule has 1 aromatic carbocycles. The van der Waals surface area contributed by atoms with Gasteiger partial charge < -0.3 is 4.74 Å². The van der Waals surface area contributed by atoms with Crippen molar-refractivity contribution in [1.29, 1.82) is 0 Å². The zero-order valence-corrected chi connectivity index (χ0v) is 14.4. The Hall–Kier alpha value is -1.64. The summed E-state index contributed by atoms with van der Waals surface area (Å²) in [6.45, 7) is 7.25. The van der Waals surface area contributed by atoms with Gasteiger partial charge in [0.2, 0.25) is 0 Å². The average Bonchev–Trinajstić information content (AvgIpc) is 2.50. The second kappa shape index (κ2) is 8.72. The van der Waals surface area contributed by atoms with E-state index in [4.69, 9.17) is 4.74 Å². The fraction of sp³-hybridized carbons (Fsp3) is 0.579. The predicted molar refractivity (Wildman–Crippen MR) is 89.1 cm³/mol. The van der Waals surface area contributed by atoms with Crippen molar-refractivity contribution in [2.45, 2.75) is 47.0 Å². The molecular formula is C19H28O3. The Balaban J connectivity index is 2.76. The third-order valence-electron chi connectivity index (χ3n) is 4.67. The third kappa shape index (κ3) is 5.63. The molecule has 0 saturated carbocycles. The van der Waals surface area contributed by atoms with E-state index in [2.05, 4.69) is 0 Å². The first-order chi connectivity index (χ1) is 10.3. The molecule has 0 aliphatic rings. The quantitative estimate of drug-likeness (QED) is 0.690. The molecule has 0 spiro atoms. The van der Waals surface area contributed by atoms with E-state index in [9.17, 15) is 9.59 Å². The number of hydrogen-bond donors (Lipinski definition) is 0. The van der Waals surface area contributed by atoms with Crippen LogP contribution in [0.2, 0.25) is 0 Å². The molecule has 3 atom stereocenters. The summed E-state index contributed by atoms with van der Waals surface area (Å²) in [6, 6.07) is 7.99. The summed E-state index contributed by atoms with van der Waals surface area (Å²) in [5.74, 6) is 1.63. The molecule has 1 rings (SSSR count). The van der Waals surface area contributed by atoms with Crippen molar-refractivity contribution >= 4 is 11.6 Å². The maximum absolute atomic E-state index is 11.8. The Bertz CT molecular complexity index is 490. The van der Waals surface area contributed by atoms with Gasteiger partial charge in [-0.15, -0.1) is 0 Å². The number of carbonyl (C=O) groups excluding carboxylic acids is 2. The maximum atomic E-state index is 11.8. The molecule has 22 heavy (non-hydrogen) atoms. The molecule has 0 radical (unpaired) electrons.